The van der Waals surface area contributed by atoms with Crippen LogP contribution in [-0.2, 0) is 29.1 Å². The van der Waals surface area contributed by atoms with Gasteiger partial charge in [-0.05, 0) is 48.9 Å². The minimum atomic E-state index is -0.845. The fraction of sp³-hybridized carbons (Fsp3) is 0.379. The lowest BCUT2D eigenvalue weighted by molar-refractivity contribution is -0.147. The highest BCUT2D eigenvalue weighted by Gasteiger charge is 2.32. The Morgan fingerprint density at radius 2 is 1.87 bits per heavy atom. The van der Waals surface area contributed by atoms with E-state index in [0.717, 1.165) is 24.2 Å². The number of carbonyl (C=O) groups is 3. The monoisotopic (exact) mass is 536 g/mol. The molecule has 2 amide bonds. The molecule has 1 aliphatic rings. The largest absolute Gasteiger partial charge is 0.459 e. The molecule has 0 spiro atoms. The smallest absolute Gasteiger partial charge is 0.328 e. The number of benzene rings is 2. The molecule has 0 radical (unpaired) electrons. The van der Waals surface area contributed by atoms with Gasteiger partial charge in [-0.1, -0.05) is 61.8 Å². The molecule has 9 heteroatoms. The van der Waals surface area contributed by atoms with Crippen molar-refractivity contribution in [3.05, 3.63) is 82.3 Å². The zero-order valence-corrected chi connectivity index (χ0v) is 22.7. The van der Waals surface area contributed by atoms with Crippen molar-refractivity contribution in [3.8, 4) is 0 Å². The molecule has 1 unspecified atom stereocenters. The predicted octanol–water partition coefficient (Wildman–Crippen LogP) is 5.04. The number of hydrogen-bond acceptors (Lipinski definition) is 5. The Balaban J connectivity index is 1.60. The summed E-state index contributed by atoms with van der Waals surface area (Å²) >= 11 is 6.10. The van der Waals surface area contributed by atoms with Crippen molar-refractivity contribution in [2.24, 2.45) is 5.92 Å². The molecular formula is C29H33ClN4O4. The number of halogens is 1. The van der Waals surface area contributed by atoms with Crippen LogP contribution in [-0.4, -0.2) is 40.4 Å². The molecule has 0 aliphatic carbocycles. The van der Waals surface area contributed by atoms with E-state index in [0.29, 0.717) is 30.0 Å². The zero-order valence-electron chi connectivity index (χ0n) is 21.9. The number of rotatable bonds is 9. The van der Waals surface area contributed by atoms with E-state index < -0.39 is 17.9 Å². The molecule has 38 heavy (non-hydrogen) atoms. The lowest BCUT2D eigenvalue weighted by Gasteiger charge is -2.22. The average Bonchev–Trinajstić information content (AvgIpc) is 3.30. The molecule has 0 fully saturated rings. The van der Waals surface area contributed by atoms with E-state index in [1.54, 1.807) is 31.3 Å². The van der Waals surface area contributed by atoms with Gasteiger partial charge < -0.3 is 14.6 Å². The summed E-state index contributed by atoms with van der Waals surface area (Å²) in [5, 5.41) is 3.33. The normalized spacial score (nSPS) is 13.5. The van der Waals surface area contributed by atoms with Crippen molar-refractivity contribution >= 4 is 35.2 Å². The van der Waals surface area contributed by atoms with Gasteiger partial charge in [0.15, 0.2) is 11.5 Å². The quantitative estimate of drug-likeness (QED) is 0.387. The van der Waals surface area contributed by atoms with Gasteiger partial charge in [0.05, 0.1) is 0 Å². The van der Waals surface area contributed by atoms with E-state index >= 15 is 0 Å². The van der Waals surface area contributed by atoms with Crippen LogP contribution < -0.4 is 10.2 Å². The number of anilines is 1. The summed E-state index contributed by atoms with van der Waals surface area (Å²) in [6.45, 7) is 4.69. The predicted molar refractivity (Wildman–Crippen MR) is 146 cm³/mol. The van der Waals surface area contributed by atoms with Crippen LogP contribution >= 0.6 is 11.6 Å². The first-order valence-electron chi connectivity index (χ1n) is 12.9. The molecule has 1 atom stereocenters. The Morgan fingerprint density at radius 1 is 1.11 bits per heavy atom. The minimum absolute atomic E-state index is 0.119. The summed E-state index contributed by atoms with van der Waals surface area (Å²) in [4.78, 5) is 46.2. The highest BCUT2D eigenvalue weighted by molar-refractivity contribution is 6.31. The third-order valence-corrected chi connectivity index (χ3v) is 6.73. The van der Waals surface area contributed by atoms with Gasteiger partial charge in [0.1, 0.15) is 18.5 Å². The molecule has 3 aromatic rings. The lowest BCUT2D eigenvalue weighted by Crippen LogP contribution is -2.44. The molecular weight excluding hydrogens is 504 g/mol. The number of carbonyl (C=O) groups excluding carboxylic acids is 3. The summed E-state index contributed by atoms with van der Waals surface area (Å²) < 4.78 is 7.41. The highest BCUT2D eigenvalue weighted by Crippen LogP contribution is 2.27. The van der Waals surface area contributed by atoms with Gasteiger partial charge in [0, 0.05) is 30.6 Å². The molecule has 1 aromatic heterocycles. The number of aromatic nitrogens is 2. The summed E-state index contributed by atoms with van der Waals surface area (Å²) in [6, 6.07) is 15.2. The van der Waals surface area contributed by atoms with E-state index in [4.69, 9.17) is 16.3 Å². The molecule has 4 rings (SSSR count). The Hall–Kier alpha value is -3.65. The van der Waals surface area contributed by atoms with Gasteiger partial charge in [-0.2, -0.15) is 0 Å². The Bertz CT molecular complexity index is 1310. The van der Waals surface area contributed by atoms with Crippen LogP contribution in [0.1, 0.15) is 65.3 Å². The van der Waals surface area contributed by atoms with Crippen LogP contribution in [0.25, 0.3) is 0 Å². The molecule has 2 heterocycles. The van der Waals surface area contributed by atoms with E-state index in [1.165, 1.54) is 4.90 Å². The first-order chi connectivity index (χ1) is 18.2. The maximum absolute atomic E-state index is 13.7. The standard InChI is InChI=1S/C29H33ClN4O4/c1-19(2)16-23(29(37)38-18-20-10-5-4-6-11-20)31-27(35)25-26(32-24-14-7-8-15-34(24)25)33(3)28(36)21-12-9-13-22(30)17-21/h4-6,9-13,17,19,23H,7-8,14-16,18H2,1-3H3,(H,31,35). The number of imidazole rings is 1. The molecule has 8 nitrogen and oxygen atoms in total. The number of nitrogens with zero attached hydrogens (tertiary/aromatic N) is 3. The summed E-state index contributed by atoms with van der Waals surface area (Å²) in [5.41, 5.74) is 1.52. The summed E-state index contributed by atoms with van der Waals surface area (Å²) in [5.74, 6) is -0.166. The first kappa shape index (κ1) is 27.4. The average molecular weight is 537 g/mol. The van der Waals surface area contributed by atoms with E-state index in [1.807, 2.05) is 48.7 Å². The van der Waals surface area contributed by atoms with Crippen LogP contribution in [0, 0.1) is 5.92 Å². The number of ether oxygens (including phenoxy) is 1. The third kappa shape index (κ3) is 6.42. The second kappa shape index (κ2) is 12.3. The van der Waals surface area contributed by atoms with Gasteiger partial charge in [-0.15, -0.1) is 0 Å². The molecule has 1 N–H and O–H groups in total. The Kier molecular flexibility index (Phi) is 8.84. The van der Waals surface area contributed by atoms with Crippen LogP contribution in [0.2, 0.25) is 5.02 Å². The Labute approximate surface area is 227 Å². The van der Waals surface area contributed by atoms with E-state index in [9.17, 15) is 14.4 Å². The van der Waals surface area contributed by atoms with Crippen molar-refractivity contribution in [1.82, 2.24) is 14.9 Å². The highest BCUT2D eigenvalue weighted by atomic mass is 35.5. The van der Waals surface area contributed by atoms with Gasteiger partial charge in [0.2, 0.25) is 0 Å². The Morgan fingerprint density at radius 3 is 2.58 bits per heavy atom. The fourth-order valence-corrected chi connectivity index (χ4v) is 4.77. The van der Waals surface area contributed by atoms with Crippen LogP contribution in [0.3, 0.4) is 0 Å². The van der Waals surface area contributed by atoms with Crippen molar-refractivity contribution in [3.63, 3.8) is 0 Å². The maximum atomic E-state index is 13.7. The maximum Gasteiger partial charge on any atom is 0.328 e. The summed E-state index contributed by atoms with van der Waals surface area (Å²) in [6.07, 6.45) is 2.95. The second-order valence-corrected chi connectivity index (χ2v) is 10.4. The molecule has 2 aromatic carbocycles. The first-order valence-corrected chi connectivity index (χ1v) is 13.3. The van der Waals surface area contributed by atoms with Crippen molar-refractivity contribution < 1.29 is 19.1 Å². The van der Waals surface area contributed by atoms with Crippen molar-refractivity contribution in [2.45, 2.75) is 58.7 Å². The third-order valence-electron chi connectivity index (χ3n) is 6.49. The number of amides is 2. The fourth-order valence-electron chi connectivity index (χ4n) is 4.58. The van der Waals surface area contributed by atoms with Crippen molar-refractivity contribution in [1.29, 1.82) is 0 Å². The van der Waals surface area contributed by atoms with Crippen LogP contribution in [0.15, 0.2) is 54.6 Å². The number of fused-ring (bicyclic) bond motifs is 1. The molecule has 0 saturated heterocycles. The number of esters is 1. The molecule has 200 valence electrons. The van der Waals surface area contributed by atoms with Gasteiger partial charge in [-0.25, -0.2) is 9.78 Å². The summed E-state index contributed by atoms with van der Waals surface area (Å²) in [7, 11) is 1.59. The van der Waals surface area contributed by atoms with Gasteiger partial charge >= 0.3 is 5.97 Å². The number of aryl methyl sites for hydroxylation is 1. The molecule has 1 aliphatic heterocycles. The lowest BCUT2D eigenvalue weighted by atomic mass is 10.0. The second-order valence-electron chi connectivity index (χ2n) is 9.93. The van der Waals surface area contributed by atoms with Crippen LogP contribution in [0.4, 0.5) is 5.82 Å². The minimum Gasteiger partial charge on any atom is -0.459 e. The number of nitrogens with one attached hydrogen (secondary N) is 1. The molecule has 0 bridgehead atoms. The van der Waals surface area contributed by atoms with E-state index in [2.05, 4.69) is 10.3 Å². The zero-order chi connectivity index (χ0) is 27.2. The van der Waals surface area contributed by atoms with E-state index in [-0.39, 0.29) is 29.9 Å². The van der Waals surface area contributed by atoms with Gasteiger partial charge in [0.25, 0.3) is 11.8 Å². The van der Waals surface area contributed by atoms with Gasteiger partial charge in [-0.3, -0.25) is 14.5 Å². The topological polar surface area (TPSA) is 93.5 Å². The van der Waals surface area contributed by atoms with Crippen molar-refractivity contribution in [2.75, 3.05) is 11.9 Å². The number of hydrogen-bond donors (Lipinski definition) is 1. The SMILES string of the molecule is CC(C)CC(NC(=O)c1c(N(C)C(=O)c2cccc(Cl)c2)nc2n1CCCC2)C(=O)OCc1ccccc1. The molecule has 0 saturated carbocycles. The van der Waals surface area contributed by atoms with Crippen LogP contribution in [0.5, 0.6) is 0 Å².